The molecule has 1 aliphatic rings. The lowest BCUT2D eigenvalue weighted by Gasteiger charge is -2.15. The first-order valence-corrected chi connectivity index (χ1v) is 10.8. The lowest BCUT2D eigenvalue weighted by atomic mass is 9.97. The Hall–Kier alpha value is -3.70. The Labute approximate surface area is 186 Å². The lowest BCUT2D eigenvalue weighted by molar-refractivity contribution is 0.441. The number of nitrogens with two attached hydrogens (primary N) is 1. The second-order valence-electron chi connectivity index (χ2n) is 7.92. The average Bonchev–Trinajstić information content (AvgIpc) is 3.46. The molecular formula is C24H26FN7. The molecule has 8 heteroatoms. The van der Waals surface area contributed by atoms with E-state index in [0.717, 1.165) is 22.3 Å². The molecule has 7 nitrogen and oxygen atoms in total. The van der Waals surface area contributed by atoms with Crippen molar-refractivity contribution in [2.24, 2.45) is 5.73 Å². The number of H-pyrrole nitrogens is 1. The molecule has 1 fully saturated rings. The van der Waals surface area contributed by atoms with Crippen LogP contribution in [0.4, 0.5) is 10.2 Å². The molecule has 1 saturated carbocycles. The predicted molar refractivity (Wildman–Crippen MR) is 124 cm³/mol. The molecule has 0 saturated heterocycles. The maximum Gasteiger partial charge on any atom is 0.148 e. The van der Waals surface area contributed by atoms with Gasteiger partial charge in [0, 0.05) is 30.1 Å². The van der Waals surface area contributed by atoms with E-state index in [1.165, 1.54) is 44.2 Å². The number of hydrogen-bond acceptors (Lipinski definition) is 5. The molecule has 4 aromatic rings. The van der Waals surface area contributed by atoms with Crippen LogP contribution in [0.15, 0.2) is 48.7 Å². The Morgan fingerprint density at radius 1 is 1.16 bits per heavy atom. The summed E-state index contributed by atoms with van der Waals surface area (Å²) in [7, 11) is 1.77. The van der Waals surface area contributed by atoms with Gasteiger partial charge in [0.1, 0.15) is 17.7 Å². The summed E-state index contributed by atoms with van der Waals surface area (Å²) in [5.41, 5.74) is 8.76. The Kier molecular flexibility index (Phi) is 6.47. The van der Waals surface area contributed by atoms with Gasteiger partial charge >= 0.3 is 0 Å². The summed E-state index contributed by atoms with van der Waals surface area (Å²) in [6.45, 7) is 0. The van der Waals surface area contributed by atoms with Crippen LogP contribution in [-0.4, -0.2) is 33.1 Å². The van der Waals surface area contributed by atoms with Gasteiger partial charge < -0.3 is 11.1 Å². The minimum Gasteiger partial charge on any atom is -0.372 e. The second-order valence-corrected chi connectivity index (χ2v) is 7.92. The van der Waals surface area contributed by atoms with Crippen molar-refractivity contribution in [3.05, 3.63) is 60.0 Å². The van der Waals surface area contributed by atoms with Crippen LogP contribution >= 0.6 is 0 Å². The quantitative estimate of drug-likeness (QED) is 0.434. The van der Waals surface area contributed by atoms with Crippen LogP contribution in [0.2, 0.25) is 0 Å². The van der Waals surface area contributed by atoms with Gasteiger partial charge in [0.2, 0.25) is 0 Å². The number of nitrogens with one attached hydrogen (secondary N) is 2. The standard InChI is InChI=1S/C18H13FN6.C6H13N/c1-21-18-8-17(11-2-3-12(9-20)15(19)7-11)25(24-18)14-4-5-16-13(6-14)10-22-23-16;7-6-4-2-1-3-5-6/h2-8,10H,1H3,(H,21,24)(H,22,23);6H,1-5,7H2. The summed E-state index contributed by atoms with van der Waals surface area (Å²) >= 11 is 0. The average molecular weight is 432 g/mol. The number of halogens is 1. The molecule has 0 spiro atoms. The van der Waals surface area contributed by atoms with Crippen molar-refractivity contribution in [2.45, 2.75) is 38.1 Å². The minimum absolute atomic E-state index is 0.0171. The van der Waals surface area contributed by atoms with Crippen LogP contribution in [0.1, 0.15) is 37.7 Å². The van der Waals surface area contributed by atoms with Crippen LogP contribution in [0.3, 0.4) is 0 Å². The third-order valence-electron chi connectivity index (χ3n) is 5.67. The Morgan fingerprint density at radius 3 is 2.62 bits per heavy atom. The minimum atomic E-state index is -0.552. The fraction of sp³-hybridized carbons (Fsp3) is 0.292. The molecule has 0 radical (unpaired) electrons. The number of nitriles is 1. The highest BCUT2D eigenvalue weighted by molar-refractivity contribution is 5.80. The molecule has 0 bridgehead atoms. The Balaban J connectivity index is 0.000000300. The van der Waals surface area contributed by atoms with E-state index in [0.29, 0.717) is 17.4 Å². The summed E-state index contributed by atoms with van der Waals surface area (Å²) in [5, 5.41) is 24.3. The first kappa shape index (κ1) is 21.5. The molecule has 0 amide bonds. The lowest BCUT2D eigenvalue weighted by Crippen LogP contribution is -2.22. The number of fused-ring (bicyclic) bond motifs is 1. The van der Waals surface area contributed by atoms with Crippen molar-refractivity contribution in [3.8, 4) is 23.0 Å². The van der Waals surface area contributed by atoms with E-state index in [2.05, 4.69) is 20.6 Å². The molecule has 2 aromatic heterocycles. The second kappa shape index (κ2) is 9.62. The zero-order chi connectivity index (χ0) is 22.5. The molecular weight excluding hydrogens is 405 g/mol. The fourth-order valence-electron chi connectivity index (χ4n) is 3.87. The van der Waals surface area contributed by atoms with Crippen LogP contribution in [0.25, 0.3) is 27.8 Å². The van der Waals surface area contributed by atoms with Gasteiger partial charge in [-0.2, -0.15) is 10.4 Å². The van der Waals surface area contributed by atoms with Crippen molar-refractivity contribution >= 4 is 16.7 Å². The molecule has 0 atom stereocenters. The summed E-state index contributed by atoms with van der Waals surface area (Å²) in [5.74, 6) is 0.108. The summed E-state index contributed by atoms with van der Waals surface area (Å²) in [4.78, 5) is 0. The van der Waals surface area contributed by atoms with Crippen LogP contribution in [0, 0.1) is 17.1 Å². The van der Waals surface area contributed by atoms with E-state index >= 15 is 0 Å². The highest BCUT2D eigenvalue weighted by atomic mass is 19.1. The van der Waals surface area contributed by atoms with E-state index in [4.69, 9.17) is 11.0 Å². The zero-order valence-corrected chi connectivity index (χ0v) is 18.0. The first-order chi connectivity index (χ1) is 15.6. The number of rotatable bonds is 3. The van der Waals surface area contributed by atoms with Crippen LogP contribution in [-0.2, 0) is 0 Å². The highest BCUT2D eigenvalue weighted by Crippen LogP contribution is 2.28. The monoisotopic (exact) mass is 431 g/mol. The number of benzene rings is 2. The summed E-state index contributed by atoms with van der Waals surface area (Å²) in [6.07, 6.45) is 8.40. The molecule has 4 N–H and O–H groups in total. The van der Waals surface area contributed by atoms with Crippen molar-refractivity contribution < 1.29 is 4.39 Å². The predicted octanol–water partition coefficient (Wildman–Crippen LogP) is 4.75. The van der Waals surface area contributed by atoms with Gasteiger partial charge in [0.25, 0.3) is 0 Å². The smallest absolute Gasteiger partial charge is 0.148 e. The van der Waals surface area contributed by atoms with Crippen molar-refractivity contribution in [2.75, 3.05) is 12.4 Å². The van der Waals surface area contributed by atoms with E-state index in [9.17, 15) is 4.39 Å². The molecule has 5 rings (SSSR count). The molecule has 0 unspecified atom stereocenters. The van der Waals surface area contributed by atoms with E-state index in [1.807, 2.05) is 30.3 Å². The van der Waals surface area contributed by atoms with Gasteiger partial charge in [0.15, 0.2) is 0 Å². The van der Waals surface area contributed by atoms with Gasteiger partial charge in [0.05, 0.1) is 28.7 Å². The topological polar surface area (TPSA) is 108 Å². The van der Waals surface area contributed by atoms with Crippen molar-refractivity contribution in [1.29, 1.82) is 5.26 Å². The molecule has 0 aliphatic heterocycles. The van der Waals surface area contributed by atoms with Crippen LogP contribution < -0.4 is 11.1 Å². The van der Waals surface area contributed by atoms with E-state index in [-0.39, 0.29) is 5.56 Å². The van der Waals surface area contributed by atoms with Crippen LogP contribution in [0.5, 0.6) is 0 Å². The van der Waals surface area contributed by atoms with Gasteiger partial charge in [-0.3, -0.25) is 5.10 Å². The Bertz CT molecular complexity index is 1240. The highest BCUT2D eigenvalue weighted by Gasteiger charge is 2.14. The number of nitrogens with zero attached hydrogens (tertiary/aromatic N) is 4. The molecule has 1 aliphatic carbocycles. The maximum atomic E-state index is 14.0. The van der Waals surface area contributed by atoms with Gasteiger partial charge in [-0.15, -0.1) is 5.10 Å². The maximum absolute atomic E-state index is 14.0. The van der Waals surface area contributed by atoms with Gasteiger partial charge in [-0.25, -0.2) is 9.07 Å². The van der Waals surface area contributed by atoms with Crippen molar-refractivity contribution in [3.63, 3.8) is 0 Å². The number of hydrogen-bond donors (Lipinski definition) is 3. The third kappa shape index (κ3) is 4.63. The normalized spacial score (nSPS) is 13.9. The molecule has 2 heterocycles. The SMILES string of the molecule is CNc1cc(-c2ccc(C#N)c(F)c2)n(-c2ccc3[nH]ncc3c2)n1.NC1CCCCC1. The summed E-state index contributed by atoms with van der Waals surface area (Å²) < 4.78 is 15.8. The molecule has 32 heavy (non-hydrogen) atoms. The molecule has 2 aromatic carbocycles. The van der Waals surface area contributed by atoms with E-state index in [1.54, 1.807) is 24.0 Å². The third-order valence-corrected chi connectivity index (χ3v) is 5.67. The van der Waals surface area contributed by atoms with Gasteiger partial charge in [-0.05, 0) is 43.2 Å². The van der Waals surface area contributed by atoms with E-state index < -0.39 is 5.82 Å². The van der Waals surface area contributed by atoms with Crippen molar-refractivity contribution in [1.82, 2.24) is 20.0 Å². The number of aromatic nitrogens is 4. The number of anilines is 1. The summed E-state index contributed by atoms with van der Waals surface area (Å²) in [6, 6.07) is 14.5. The first-order valence-electron chi connectivity index (χ1n) is 10.8. The largest absolute Gasteiger partial charge is 0.372 e. The molecule has 164 valence electrons. The fourth-order valence-corrected chi connectivity index (χ4v) is 3.87. The van der Waals surface area contributed by atoms with Gasteiger partial charge in [-0.1, -0.05) is 25.3 Å². The zero-order valence-electron chi connectivity index (χ0n) is 18.0. The Morgan fingerprint density at radius 2 is 1.97 bits per heavy atom. The number of aromatic amines is 1.